The SMILES string of the molecule is CCCc1c(Cl)ncnc1SC(C)(C)C. The quantitative estimate of drug-likeness (QED) is 0.594. The Kier molecular flexibility index (Phi) is 4.41. The molecule has 0 aromatic carbocycles. The third-order valence-electron chi connectivity index (χ3n) is 1.76. The molecule has 0 radical (unpaired) electrons. The Balaban J connectivity index is 3.00. The topological polar surface area (TPSA) is 25.8 Å². The molecule has 0 aliphatic carbocycles. The fourth-order valence-electron chi connectivity index (χ4n) is 1.21. The fourth-order valence-corrected chi connectivity index (χ4v) is 2.50. The van der Waals surface area contributed by atoms with Crippen LogP contribution in [0.15, 0.2) is 11.4 Å². The van der Waals surface area contributed by atoms with Gasteiger partial charge in [-0.3, -0.25) is 0 Å². The van der Waals surface area contributed by atoms with Gasteiger partial charge in [-0.1, -0.05) is 45.7 Å². The molecule has 0 atom stereocenters. The Bertz CT molecular complexity index is 334. The van der Waals surface area contributed by atoms with Crippen LogP contribution in [0.5, 0.6) is 0 Å². The molecule has 1 rings (SSSR count). The van der Waals surface area contributed by atoms with E-state index in [0.29, 0.717) is 5.15 Å². The molecule has 15 heavy (non-hydrogen) atoms. The molecule has 1 heterocycles. The van der Waals surface area contributed by atoms with Crippen molar-refractivity contribution < 1.29 is 0 Å². The van der Waals surface area contributed by atoms with E-state index in [9.17, 15) is 0 Å². The first-order valence-electron chi connectivity index (χ1n) is 5.12. The highest BCUT2D eigenvalue weighted by atomic mass is 35.5. The van der Waals surface area contributed by atoms with Gasteiger partial charge >= 0.3 is 0 Å². The highest BCUT2D eigenvalue weighted by Crippen LogP contribution is 2.34. The summed E-state index contributed by atoms with van der Waals surface area (Å²) in [7, 11) is 0. The Morgan fingerprint density at radius 2 is 2.00 bits per heavy atom. The van der Waals surface area contributed by atoms with E-state index in [-0.39, 0.29) is 4.75 Å². The van der Waals surface area contributed by atoms with Gasteiger partial charge in [0.1, 0.15) is 16.5 Å². The summed E-state index contributed by atoms with van der Waals surface area (Å²) >= 11 is 7.82. The van der Waals surface area contributed by atoms with Gasteiger partial charge in [0, 0.05) is 10.3 Å². The highest BCUT2D eigenvalue weighted by Gasteiger charge is 2.17. The van der Waals surface area contributed by atoms with E-state index in [4.69, 9.17) is 11.6 Å². The van der Waals surface area contributed by atoms with Crippen LogP contribution in [0.1, 0.15) is 39.7 Å². The summed E-state index contributed by atoms with van der Waals surface area (Å²) in [5.74, 6) is 0. The number of nitrogens with zero attached hydrogens (tertiary/aromatic N) is 2. The van der Waals surface area contributed by atoms with Crippen LogP contribution in [0, 0.1) is 0 Å². The van der Waals surface area contributed by atoms with E-state index in [1.807, 2.05) is 0 Å². The Hall–Kier alpha value is -0.280. The van der Waals surface area contributed by atoms with Crippen LogP contribution in [0.3, 0.4) is 0 Å². The largest absolute Gasteiger partial charge is 0.230 e. The molecule has 0 amide bonds. The Labute approximate surface area is 101 Å². The molecule has 0 N–H and O–H groups in total. The van der Waals surface area contributed by atoms with Gasteiger partial charge in [0.2, 0.25) is 0 Å². The molecule has 0 spiro atoms. The third kappa shape index (κ3) is 3.99. The minimum absolute atomic E-state index is 0.153. The molecule has 0 fully saturated rings. The van der Waals surface area contributed by atoms with Crippen LogP contribution in [0.25, 0.3) is 0 Å². The standard InChI is InChI=1S/C11H17ClN2S/c1-5-6-8-9(12)13-7-14-10(8)15-11(2,3)4/h7H,5-6H2,1-4H3. The van der Waals surface area contributed by atoms with Crippen molar-refractivity contribution in [3.8, 4) is 0 Å². The summed E-state index contributed by atoms with van der Waals surface area (Å²) in [4.78, 5) is 8.34. The molecule has 1 aromatic heterocycles. The highest BCUT2D eigenvalue weighted by molar-refractivity contribution is 8.00. The smallest absolute Gasteiger partial charge is 0.136 e. The van der Waals surface area contributed by atoms with Gasteiger partial charge in [-0.15, -0.1) is 11.8 Å². The van der Waals surface area contributed by atoms with Crippen LogP contribution < -0.4 is 0 Å². The second-order valence-electron chi connectivity index (χ2n) is 4.41. The summed E-state index contributed by atoms with van der Waals surface area (Å²) in [6.45, 7) is 8.64. The second-order valence-corrected chi connectivity index (χ2v) is 6.59. The fraction of sp³-hybridized carbons (Fsp3) is 0.636. The van der Waals surface area contributed by atoms with Crippen LogP contribution >= 0.6 is 23.4 Å². The average molecular weight is 245 g/mol. The minimum Gasteiger partial charge on any atom is -0.230 e. The zero-order valence-corrected chi connectivity index (χ0v) is 11.2. The summed E-state index contributed by atoms with van der Waals surface area (Å²) in [6.07, 6.45) is 3.54. The Morgan fingerprint density at radius 3 is 2.53 bits per heavy atom. The average Bonchev–Trinajstić information content (AvgIpc) is 2.08. The summed E-state index contributed by atoms with van der Waals surface area (Å²) in [5, 5.41) is 1.61. The first-order valence-corrected chi connectivity index (χ1v) is 6.32. The number of hydrogen-bond donors (Lipinski definition) is 0. The van der Waals surface area contributed by atoms with Gasteiger partial charge in [0.15, 0.2) is 0 Å². The van der Waals surface area contributed by atoms with Crippen molar-refractivity contribution in [3.05, 3.63) is 17.0 Å². The van der Waals surface area contributed by atoms with Crippen molar-refractivity contribution >= 4 is 23.4 Å². The lowest BCUT2D eigenvalue weighted by Crippen LogP contribution is -2.09. The maximum atomic E-state index is 6.07. The number of thioether (sulfide) groups is 1. The summed E-state index contributed by atoms with van der Waals surface area (Å²) < 4.78 is 0.153. The molecule has 4 heteroatoms. The van der Waals surface area contributed by atoms with Gasteiger partial charge < -0.3 is 0 Å². The lowest BCUT2D eigenvalue weighted by Gasteiger charge is -2.18. The lowest BCUT2D eigenvalue weighted by molar-refractivity contribution is 0.789. The number of aromatic nitrogens is 2. The van der Waals surface area contributed by atoms with Crippen LogP contribution in [0.2, 0.25) is 5.15 Å². The molecule has 0 saturated heterocycles. The maximum Gasteiger partial charge on any atom is 0.136 e. The number of hydrogen-bond acceptors (Lipinski definition) is 3. The van der Waals surface area contributed by atoms with Gasteiger partial charge in [-0.25, -0.2) is 9.97 Å². The van der Waals surface area contributed by atoms with Crippen molar-refractivity contribution in [1.29, 1.82) is 0 Å². The predicted molar refractivity (Wildman–Crippen MR) is 66.6 cm³/mol. The maximum absolute atomic E-state index is 6.07. The van der Waals surface area contributed by atoms with Crippen LogP contribution in [-0.2, 0) is 6.42 Å². The Morgan fingerprint density at radius 1 is 1.33 bits per heavy atom. The van der Waals surface area contributed by atoms with E-state index in [1.54, 1.807) is 11.8 Å². The van der Waals surface area contributed by atoms with Crippen molar-refractivity contribution in [3.63, 3.8) is 0 Å². The third-order valence-corrected chi connectivity index (χ3v) is 3.24. The van der Waals surface area contributed by atoms with Crippen molar-refractivity contribution in [1.82, 2.24) is 9.97 Å². The molecule has 0 aliphatic rings. The normalized spacial score (nSPS) is 11.8. The second kappa shape index (κ2) is 5.17. The minimum atomic E-state index is 0.153. The van der Waals surface area contributed by atoms with E-state index in [0.717, 1.165) is 23.4 Å². The van der Waals surface area contributed by atoms with E-state index in [2.05, 4.69) is 37.7 Å². The monoisotopic (exact) mass is 244 g/mol. The zero-order valence-electron chi connectivity index (χ0n) is 9.67. The molecule has 0 saturated carbocycles. The first-order chi connectivity index (χ1) is 6.94. The zero-order chi connectivity index (χ0) is 11.5. The molecular weight excluding hydrogens is 228 g/mol. The summed E-state index contributed by atoms with van der Waals surface area (Å²) in [6, 6.07) is 0. The van der Waals surface area contributed by atoms with Gasteiger partial charge in [0.05, 0.1) is 0 Å². The molecule has 0 aliphatic heterocycles. The van der Waals surface area contributed by atoms with Crippen molar-refractivity contribution in [2.24, 2.45) is 0 Å². The van der Waals surface area contributed by atoms with Gasteiger partial charge in [-0.2, -0.15) is 0 Å². The van der Waals surface area contributed by atoms with E-state index >= 15 is 0 Å². The number of rotatable bonds is 3. The first kappa shape index (κ1) is 12.8. The van der Waals surface area contributed by atoms with Crippen molar-refractivity contribution in [2.75, 3.05) is 0 Å². The van der Waals surface area contributed by atoms with Crippen LogP contribution in [-0.4, -0.2) is 14.7 Å². The van der Waals surface area contributed by atoms with Crippen LogP contribution in [0.4, 0.5) is 0 Å². The van der Waals surface area contributed by atoms with Crippen molar-refractivity contribution in [2.45, 2.75) is 50.3 Å². The van der Waals surface area contributed by atoms with Gasteiger partial charge in [0.25, 0.3) is 0 Å². The molecular formula is C11H17ClN2S. The molecule has 84 valence electrons. The van der Waals surface area contributed by atoms with E-state index < -0.39 is 0 Å². The van der Waals surface area contributed by atoms with Gasteiger partial charge in [-0.05, 0) is 6.42 Å². The molecule has 0 bridgehead atoms. The lowest BCUT2D eigenvalue weighted by atomic mass is 10.2. The molecule has 2 nitrogen and oxygen atoms in total. The summed E-state index contributed by atoms with van der Waals surface area (Å²) in [5.41, 5.74) is 1.08. The molecule has 1 aromatic rings. The molecule has 0 unspecified atom stereocenters. The number of halogens is 1. The van der Waals surface area contributed by atoms with E-state index in [1.165, 1.54) is 6.33 Å². The predicted octanol–water partition coefficient (Wildman–Crippen LogP) is 3.97.